The zero-order valence-corrected chi connectivity index (χ0v) is 10.0. The molecule has 1 rings (SSSR count). The van der Waals surface area contributed by atoms with Gasteiger partial charge in [0.15, 0.2) is 0 Å². The Balaban J connectivity index is 2.20. The minimum atomic E-state index is -0.500. The van der Waals surface area contributed by atoms with Crippen molar-refractivity contribution in [3.63, 3.8) is 0 Å². The first-order chi connectivity index (χ1) is 9.09. The molecule has 9 nitrogen and oxygen atoms in total. The lowest BCUT2D eigenvalue weighted by atomic mass is 10.4. The van der Waals surface area contributed by atoms with Crippen LogP contribution < -0.4 is 21.9 Å². The Bertz CT molecular complexity index is 450. The fraction of sp³-hybridized carbons (Fsp3) is 0.300. The third-order valence-electron chi connectivity index (χ3n) is 1.93. The molecule has 5 N–H and O–H groups in total. The van der Waals surface area contributed by atoms with Crippen LogP contribution >= 0.6 is 0 Å². The fourth-order valence-electron chi connectivity index (χ4n) is 1.06. The van der Waals surface area contributed by atoms with E-state index < -0.39 is 17.7 Å². The van der Waals surface area contributed by atoms with E-state index in [4.69, 9.17) is 5.73 Å². The highest BCUT2D eigenvalue weighted by molar-refractivity contribution is 5.94. The van der Waals surface area contributed by atoms with Gasteiger partial charge in [-0.15, -0.1) is 0 Å². The summed E-state index contributed by atoms with van der Waals surface area (Å²) in [5, 5.41) is 2.36. The van der Waals surface area contributed by atoms with Gasteiger partial charge < -0.3 is 11.1 Å². The van der Waals surface area contributed by atoms with Crippen molar-refractivity contribution in [1.29, 1.82) is 0 Å². The maximum atomic E-state index is 11.5. The van der Waals surface area contributed by atoms with E-state index in [1.165, 1.54) is 18.6 Å². The summed E-state index contributed by atoms with van der Waals surface area (Å²) in [5.41, 5.74) is 9.83. The van der Waals surface area contributed by atoms with E-state index in [1.807, 2.05) is 0 Å². The minimum absolute atomic E-state index is 0.103. The second-order valence-corrected chi connectivity index (χ2v) is 3.46. The number of rotatable bonds is 7. The summed E-state index contributed by atoms with van der Waals surface area (Å²) in [7, 11) is 0. The summed E-state index contributed by atoms with van der Waals surface area (Å²) < 4.78 is 0. The zero-order valence-electron chi connectivity index (χ0n) is 10.0. The molecule has 9 heteroatoms. The number of nitrogens with one attached hydrogen (secondary N) is 3. The summed E-state index contributed by atoms with van der Waals surface area (Å²) >= 11 is 0. The first-order valence-electron chi connectivity index (χ1n) is 5.44. The van der Waals surface area contributed by atoms with E-state index in [9.17, 15) is 14.4 Å². The van der Waals surface area contributed by atoms with Gasteiger partial charge in [-0.1, -0.05) is 0 Å². The van der Waals surface area contributed by atoms with E-state index in [0.29, 0.717) is 0 Å². The highest BCUT2D eigenvalue weighted by atomic mass is 16.2. The molecule has 0 saturated heterocycles. The van der Waals surface area contributed by atoms with Crippen molar-refractivity contribution >= 4 is 17.7 Å². The number of nitrogens with two attached hydrogens (primary N) is 1. The Morgan fingerprint density at radius 2 is 2.05 bits per heavy atom. The predicted molar refractivity (Wildman–Crippen MR) is 64.3 cm³/mol. The van der Waals surface area contributed by atoms with Crippen LogP contribution in [0.25, 0.3) is 0 Å². The molecule has 0 aliphatic rings. The third kappa shape index (κ3) is 6.07. The van der Waals surface area contributed by atoms with Crippen molar-refractivity contribution in [1.82, 2.24) is 26.1 Å². The van der Waals surface area contributed by atoms with Crippen molar-refractivity contribution in [3.05, 3.63) is 24.3 Å². The van der Waals surface area contributed by atoms with Crippen molar-refractivity contribution < 1.29 is 14.4 Å². The topological polar surface area (TPSA) is 139 Å². The smallest absolute Gasteiger partial charge is 0.271 e. The van der Waals surface area contributed by atoms with Crippen LogP contribution in [0, 0.1) is 0 Å². The number of amides is 3. The van der Waals surface area contributed by atoms with E-state index >= 15 is 0 Å². The lowest BCUT2D eigenvalue weighted by Gasteiger charge is -2.07. The van der Waals surface area contributed by atoms with Crippen molar-refractivity contribution in [3.8, 4) is 0 Å². The number of hydrogen-bond acceptors (Lipinski definition) is 6. The van der Waals surface area contributed by atoms with Crippen LogP contribution in [0.15, 0.2) is 18.6 Å². The van der Waals surface area contributed by atoms with E-state index in [-0.39, 0.29) is 25.2 Å². The van der Waals surface area contributed by atoms with Gasteiger partial charge in [-0.05, 0) is 0 Å². The van der Waals surface area contributed by atoms with Crippen molar-refractivity contribution in [2.75, 3.05) is 13.1 Å². The average Bonchev–Trinajstić information content (AvgIpc) is 2.41. The van der Waals surface area contributed by atoms with Gasteiger partial charge in [0.05, 0.1) is 12.7 Å². The van der Waals surface area contributed by atoms with E-state index in [0.717, 1.165) is 0 Å². The lowest BCUT2D eigenvalue weighted by Crippen LogP contribution is -2.44. The Morgan fingerprint density at radius 1 is 1.26 bits per heavy atom. The number of nitrogens with zero attached hydrogens (tertiary/aromatic N) is 2. The molecule has 0 aliphatic heterocycles. The molecule has 0 radical (unpaired) electrons. The Kier molecular flexibility index (Phi) is 5.89. The molecule has 0 saturated carbocycles. The van der Waals surface area contributed by atoms with Gasteiger partial charge in [0, 0.05) is 25.4 Å². The Morgan fingerprint density at radius 3 is 2.68 bits per heavy atom. The standard InChI is InChI=1S/C10H14N6O3/c11-8(17)1-2-15-16-9(18)6-14-10(19)7-5-12-3-4-13-7/h3-5,15H,1-2,6H2,(H2,11,17)(H,14,19)(H,16,18). The summed E-state index contributed by atoms with van der Waals surface area (Å²) in [4.78, 5) is 40.7. The van der Waals surface area contributed by atoms with Gasteiger partial charge in [0.2, 0.25) is 5.91 Å². The van der Waals surface area contributed by atoms with Gasteiger partial charge in [-0.3, -0.25) is 24.8 Å². The second-order valence-electron chi connectivity index (χ2n) is 3.46. The number of hydrazine groups is 1. The van der Waals surface area contributed by atoms with Crippen LogP contribution in [-0.2, 0) is 9.59 Å². The van der Waals surface area contributed by atoms with Gasteiger partial charge in [-0.25, -0.2) is 10.4 Å². The third-order valence-corrected chi connectivity index (χ3v) is 1.93. The number of aromatic nitrogens is 2. The summed E-state index contributed by atoms with van der Waals surface area (Å²) in [6, 6.07) is 0. The quantitative estimate of drug-likeness (QED) is 0.323. The predicted octanol–water partition coefficient (Wildman–Crippen LogP) is -2.30. The highest BCUT2D eigenvalue weighted by Gasteiger charge is 2.08. The molecule has 0 aromatic carbocycles. The molecule has 1 aromatic rings. The number of hydrogen-bond donors (Lipinski definition) is 4. The van der Waals surface area contributed by atoms with Crippen LogP contribution in [0.3, 0.4) is 0 Å². The van der Waals surface area contributed by atoms with Gasteiger partial charge in [-0.2, -0.15) is 0 Å². The van der Waals surface area contributed by atoms with Gasteiger partial charge >= 0.3 is 0 Å². The van der Waals surface area contributed by atoms with E-state index in [1.54, 1.807) is 0 Å². The number of primary amides is 1. The number of carbonyl (C=O) groups is 3. The van der Waals surface area contributed by atoms with Crippen LogP contribution in [0.1, 0.15) is 16.9 Å². The van der Waals surface area contributed by atoms with Crippen molar-refractivity contribution in [2.45, 2.75) is 6.42 Å². The molecule has 0 atom stereocenters. The number of carbonyl (C=O) groups excluding carboxylic acids is 3. The summed E-state index contributed by atoms with van der Waals surface area (Å²) in [6.07, 6.45) is 4.21. The lowest BCUT2D eigenvalue weighted by molar-refractivity contribution is -0.122. The first kappa shape index (κ1) is 14.5. The molecule has 0 unspecified atom stereocenters. The summed E-state index contributed by atoms with van der Waals surface area (Å²) in [5.74, 6) is -1.43. The second kappa shape index (κ2) is 7.71. The van der Waals surface area contributed by atoms with Crippen LogP contribution in [-0.4, -0.2) is 40.8 Å². The van der Waals surface area contributed by atoms with Crippen molar-refractivity contribution in [2.24, 2.45) is 5.73 Å². The molecule has 0 bridgehead atoms. The van der Waals surface area contributed by atoms with Crippen LogP contribution in [0.5, 0.6) is 0 Å². The molecule has 1 heterocycles. The molecule has 0 spiro atoms. The fourth-order valence-corrected chi connectivity index (χ4v) is 1.06. The molecule has 0 aliphatic carbocycles. The molecular weight excluding hydrogens is 252 g/mol. The maximum Gasteiger partial charge on any atom is 0.271 e. The zero-order chi connectivity index (χ0) is 14.1. The average molecular weight is 266 g/mol. The largest absolute Gasteiger partial charge is 0.370 e. The molecule has 3 amide bonds. The molecule has 1 aromatic heterocycles. The monoisotopic (exact) mass is 266 g/mol. The van der Waals surface area contributed by atoms with Gasteiger partial charge in [0.25, 0.3) is 11.8 Å². The Labute approximate surface area is 109 Å². The highest BCUT2D eigenvalue weighted by Crippen LogP contribution is 1.88. The minimum Gasteiger partial charge on any atom is -0.370 e. The SMILES string of the molecule is NC(=O)CCNNC(=O)CNC(=O)c1cnccn1. The summed E-state index contributed by atoms with van der Waals surface area (Å²) in [6.45, 7) is -0.00183. The first-order valence-corrected chi connectivity index (χ1v) is 5.44. The van der Waals surface area contributed by atoms with E-state index in [2.05, 4.69) is 26.1 Å². The molecular formula is C10H14N6O3. The van der Waals surface area contributed by atoms with Gasteiger partial charge in [0.1, 0.15) is 5.69 Å². The molecule has 102 valence electrons. The molecule has 0 fully saturated rings. The normalized spacial score (nSPS) is 9.68. The molecule has 19 heavy (non-hydrogen) atoms. The Hall–Kier alpha value is -2.55. The van der Waals surface area contributed by atoms with Crippen LogP contribution in [0.4, 0.5) is 0 Å². The van der Waals surface area contributed by atoms with Crippen LogP contribution in [0.2, 0.25) is 0 Å². The maximum absolute atomic E-state index is 11.5.